The van der Waals surface area contributed by atoms with Crippen LogP contribution in [0.3, 0.4) is 0 Å². The van der Waals surface area contributed by atoms with E-state index in [4.69, 9.17) is 16.3 Å². The van der Waals surface area contributed by atoms with E-state index in [2.05, 4.69) is 0 Å². The maximum Gasteiger partial charge on any atom is 0.188 e. The largest absolute Gasteiger partial charge is 0.490 e. The van der Waals surface area contributed by atoms with Crippen LogP contribution in [0.5, 0.6) is 5.75 Å². The maximum atomic E-state index is 15.2. The summed E-state index contributed by atoms with van der Waals surface area (Å²) in [5.41, 5.74) is -0.412. The lowest BCUT2D eigenvalue weighted by Crippen LogP contribution is -2.57. The van der Waals surface area contributed by atoms with E-state index in [1.165, 1.54) is 24.3 Å². The summed E-state index contributed by atoms with van der Waals surface area (Å²) in [7, 11) is -4.30. The molecule has 0 amide bonds. The van der Waals surface area contributed by atoms with Gasteiger partial charge in [0.1, 0.15) is 16.7 Å². The minimum absolute atomic E-state index is 0.0343. The average Bonchev–Trinajstić information content (AvgIpc) is 2.67. The van der Waals surface area contributed by atoms with Crippen LogP contribution in [-0.2, 0) is 14.6 Å². The lowest BCUT2D eigenvalue weighted by atomic mass is 9.72. The maximum absolute atomic E-state index is 15.2. The number of rotatable bonds is 2. The van der Waals surface area contributed by atoms with Gasteiger partial charge in [0.05, 0.1) is 17.1 Å². The van der Waals surface area contributed by atoms with E-state index in [0.29, 0.717) is 5.02 Å². The van der Waals surface area contributed by atoms with Crippen molar-refractivity contribution < 1.29 is 26.3 Å². The van der Waals surface area contributed by atoms with E-state index < -0.39 is 53.5 Å². The highest BCUT2D eigenvalue weighted by atomic mass is 127. The summed E-state index contributed by atoms with van der Waals surface area (Å²) < 4.78 is 75.1. The van der Waals surface area contributed by atoms with Crippen LogP contribution in [0.1, 0.15) is 18.4 Å². The molecule has 1 fully saturated rings. The molecule has 0 unspecified atom stereocenters. The van der Waals surface area contributed by atoms with Crippen LogP contribution in [-0.4, -0.2) is 25.1 Å². The Morgan fingerprint density at radius 2 is 1.75 bits per heavy atom. The second-order valence-corrected chi connectivity index (χ2v) is 11.2. The molecule has 1 aliphatic heterocycles. The quantitative estimate of drug-likeness (QED) is 0.386. The molecule has 28 heavy (non-hydrogen) atoms. The molecule has 2 aromatic carbocycles. The standard InChI is InChI=1S/C19H15ClF3IO3S/c20-10-1-3-11(4-2-10)28(25,26)19-8-7-15(24)17(23)12(19)9-27-18-14(22)6-5-13(21)16(18)19/h1-6,12,15,17H,7-9H2/t12-,15+,17-,19-/m0/s1. The molecule has 150 valence electrons. The third-order valence-electron chi connectivity index (χ3n) is 5.61. The van der Waals surface area contributed by atoms with Gasteiger partial charge in [0.25, 0.3) is 0 Å². The monoisotopic (exact) mass is 542 g/mol. The Morgan fingerprint density at radius 1 is 1.11 bits per heavy atom. The Bertz CT molecular complexity index is 1030. The zero-order valence-electron chi connectivity index (χ0n) is 14.3. The van der Waals surface area contributed by atoms with Gasteiger partial charge in [0.2, 0.25) is 0 Å². The second kappa shape index (κ2) is 7.05. The molecule has 2 aromatic rings. The van der Waals surface area contributed by atoms with Crippen LogP contribution in [0.15, 0.2) is 41.3 Å². The van der Waals surface area contributed by atoms with Crippen molar-refractivity contribution in [3.05, 3.63) is 58.6 Å². The topological polar surface area (TPSA) is 43.4 Å². The Kier molecular flexibility index (Phi) is 5.11. The number of hydrogen-bond donors (Lipinski definition) is 0. The zero-order valence-corrected chi connectivity index (χ0v) is 18.1. The first kappa shape index (κ1) is 20.3. The number of hydrogen-bond acceptors (Lipinski definition) is 3. The van der Waals surface area contributed by atoms with Gasteiger partial charge in [0, 0.05) is 14.9 Å². The summed E-state index contributed by atoms with van der Waals surface area (Å²) in [6.07, 6.45) is -1.37. The van der Waals surface area contributed by atoms with Crippen molar-refractivity contribution in [2.24, 2.45) is 5.92 Å². The van der Waals surface area contributed by atoms with E-state index in [9.17, 15) is 17.2 Å². The van der Waals surface area contributed by atoms with Gasteiger partial charge in [-0.2, -0.15) is 0 Å². The molecule has 0 N–H and O–H groups in total. The Labute approximate surface area is 179 Å². The fraction of sp³-hybridized carbons (Fsp3) is 0.368. The number of benzene rings is 2. The van der Waals surface area contributed by atoms with Crippen molar-refractivity contribution in [2.45, 2.75) is 32.6 Å². The summed E-state index contributed by atoms with van der Waals surface area (Å²) in [6.45, 7) is -0.346. The second-order valence-electron chi connectivity index (χ2n) is 7.00. The van der Waals surface area contributed by atoms with E-state index in [-0.39, 0.29) is 24.3 Å². The van der Waals surface area contributed by atoms with Crippen LogP contribution in [0, 0.1) is 17.6 Å². The predicted molar refractivity (Wildman–Crippen MR) is 108 cm³/mol. The molecular formula is C19H15ClF3IO3S. The van der Waals surface area contributed by atoms with Crippen LogP contribution in [0.25, 0.3) is 0 Å². The van der Waals surface area contributed by atoms with E-state index in [1.54, 1.807) is 0 Å². The summed E-state index contributed by atoms with van der Waals surface area (Å²) in [6, 6.07) is 7.16. The van der Waals surface area contributed by atoms with Crippen molar-refractivity contribution in [3.63, 3.8) is 0 Å². The van der Waals surface area contributed by atoms with Gasteiger partial charge in [-0.25, -0.2) is 21.6 Å². The van der Waals surface area contributed by atoms with Gasteiger partial charge < -0.3 is 4.74 Å². The minimum atomic E-state index is -4.30. The minimum Gasteiger partial charge on any atom is -0.490 e. The summed E-state index contributed by atoms with van der Waals surface area (Å²) >= 11 is 7.80. The highest BCUT2D eigenvalue weighted by molar-refractivity contribution is 14.1. The molecule has 1 saturated carbocycles. The number of ether oxygens (including phenoxy) is 1. The Hall–Kier alpha value is -1.00. The van der Waals surface area contributed by atoms with E-state index >= 15 is 4.39 Å². The normalized spacial score (nSPS) is 29.5. The van der Waals surface area contributed by atoms with Crippen LogP contribution in [0.2, 0.25) is 5.02 Å². The van der Waals surface area contributed by atoms with Gasteiger partial charge in [-0.1, -0.05) is 34.2 Å². The molecule has 2 aliphatic rings. The molecule has 0 saturated heterocycles. The van der Waals surface area contributed by atoms with Crippen LogP contribution < -0.4 is 4.74 Å². The highest BCUT2D eigenvalue weighted by Gasteiger charge is 2.62. The predicted octanol–water partition coefficient (Wildman–Crippen LogP) is 5.23. The molecular weight excluding hydrogens is 528 g/mol. The smallest absolute Gasteiger partial charge is 0.188 e. The van der Waals surface area contributed by atoms with Crippen LogP contribution >= 0.6 is 34.2 Å². The molecule has 1 aliphatic carbocycles. The van der Waals surface area contributed by atoms with Crippen molar-refractivity contribution in [2.75, 3.05) is 6.61 Å². The molecule has 0 spiro atoms. The van der Waals surface area contributed by atoms with Gasteiger partial charge >= 0.3 is 0 Å². The third-order valence-corrected chi connectivity index (χ3v) is 9.74. The third kappa shape index (κ3) is 2.78. The van der Waals surface area contributed by atoms with E-state index in [0.717, 1.165) is 12.1 Å². The van der Waals surface area contributed by atoms with Crippen molar-refractivity contribution in [1.82, 2.24) is 0 Å². The van der Waals surface area contributed by atoms with Gasteiger partial charge in [-0.05, 0) is 49.2 Å². The number of halogens is 5. The number of fused-ring (bicyclic) bond motifs is 3. The van der Waals surface area contributed by atoms with Crippen LogP contribution in [0.4, 0.5) is 13.2 Å². The Morgan fingerprint density at radius 3 is 2.43 bits per heavy atom. The van der Waals surface area contributed by atoms with Crippen molar-refractivity contribution >= 4 is 44.0 Å². The van der Waals surface area contributed by atoms with Crippen molar-refractivity contribution in [1.29, 1.82) is 0 Å². The molecule has 4 rings (SSSR count). The molecule has 1 heterocycles. The lowest BCUT2D eigenvalue weighted by Gasteiger charge is -2.49. The number of alkyl halides is 2. The zero-order chi connectivity index (χ0) is 20.3. The summed E-state index contributed by atoms with van der Waals surface area (Å²) in [5.74, 6) is -3.40. The first-order chi connectivity index (χ1) is 13.2. The summed E-state index contributed by atoms with van der Waals surface area (Å²) in [5, 5.41) is 0.331. The first-order valence-corrected chi connectivity index (χ1v) is 11.7. The van der Waals surface area contributed by atoms with Gasteiger partial charge in [-0.3, -0.25) is 0 Å². The van der Waals surface area contributed by atoms with E-state index in [1.807, 2.05) is 22.6 Å². The fourth-order valence-corrected chi connectivity index (χ4v) is 7.57. The lowest BCUT2D eigenvalue weighted by molar-refractivity contribution is 0.0586. The summed E-state index contributed by atoms with van der Waals surface area (Å²) in [4.78, 5) is -0.113. The molecule has 4 atom stereocenters. The molecule has 0 radical (unpaired) electrons. The van der Waals surface area contributed by atoms with Gasteiger partial charge in [-0.15, -0.1) is 0 Å². The number of sulfone groups is 1. The Balaban J connectivity index is 2.04. The SMILES string of the molecule is O=S(=O)(c1ccc(Cl)cc1)[C@@]12CC[C@@H](I)[C@@H](F)[C@@H]1COc1c(F)ccc(F)c12. The first-order valence-electron chi connectivity index (χ1n) is 8.60. The molecule has 9 heteroatoms. The molecule has 3 nitrogen and oxygen atoms in total. The molecule has 0 aromatic heterocycles. The van der Waals surface area contributed by atoms with Crippen molar-refractivity contribution in [3.8, 4) is 5.75 Å². The van der Waals surface area contributed by atoms with Gasteiger partial charge in [0.15, 0.2) is 21.4 Å². The molecule has 0 bridgehead atoms. The average molecular weight is 543 g/mol. The fourth-order valence-electron chi connectivity index (χ4n) is 4.28. The highest BCUT2D eigenvalue weighted by Crippen LogP contribution is 2.58.